The highest BCUT2D eigenvalue weighted by atomic mass is 32.2. The second-order valence-corrected chi connectivity index (χ2v) is 7.46. The van der Waals surface area contributed by atoms with E-state index in [0.717, 1.165) is 19.9 Å². The summed E-state index contributed by atoms with van der Waals surface area (Å²) in [4.78, 5) is 2.83. The molecule has 3 rings (SSSR count). The fourth-order valence-corrected chi connectivity index (χ4v) is 3.73. The van der Waals surface area contributed by atoms with Crippen molar-refractivity contribution in [3.63, 3.8) is 0 Å². The minimum Gasteiger partial charge on any atom is -0.353 e. The Kier molecular flexibility index (Phi) is 4.42. The molecule has 1 fully saturated rings. The molecule has 1 saturated carbocycles. The third-order valence-corrected chi connectivity index (χ3v) is 5.44. The maximum atomic E-state index is 14.1. The molecule has 1 aromatic carbocycles. The Bertz CT molecular complexity index is 625. The second kappa shape index (κ2) is 6.29. The van der Waals surface area contributed by atoms with E-state index in [-0.39, 0.29) is 5.82 Å². The van der Waals surface area contributed by atoms with Gasteiger partial charge in [-0.25, -0.2) is 4.39 Å². The SMILES string of the molecule is CN(C)c1nnc(Sc2cccc(F)c2CNC2CC2)s1. The number of nitrogens with zero attached hydrogens (tertiary/aromatic N) is 3. The summed E-state index contributed by atoms with van der Waals surface area (Å²) in [6.45, 7) is 0.568. The molecule has 7 heteroatoms. The van der Waals surface area contributed by atoms with Crippen LogP contribution in [0.25, 0.3) is 0 Å². The number of anilines is 1. The van der Waals surface area contributed by atoms with Crippen molar-refractivity contribution in [3.8, 4) is 0 Å². The highest BCUT2D eigenvalue weighted by molar-refractivity contribution is 8.01. The molecular formula is C14H17FN4S2. The zero-order valence-electron chi connectivity index (χ0n) is 12.0. The minimum atomic E-state index is -0.162. The lowest BCUT2D eigenvalue weighted by molar-refractivity contribution is 0.579. The van der Waals surface area contributed by atoms with Crippen molar-refractivity contribution in [1.82, 2.24) is 15.5 Å². The van der Waals surface area contributed by atoms with Crippen molar-refractivity contribution in [2.45, 2.75) is 34.7 Å². The van der Waals surface area contributed by atoms with Crippen LogP contribution >= 0.6 is 23.1 Å². The Morgan fingerprint density at radius 1 is 1.38 bits per heavy atom. The Morgan fingerprint density at radius 3 is 2.86 bits per heavy atom. The number of rotatable bonds is 6. The Morgan fingerprint density at radius 2 is 2.19 bits per heavy atom. The van der Waals surface area contributed by atoms with Gasteiger partial charge in [0.2, 0.25) is 5.13 Å². The molecule has 0 radical (unpaired) electrons. The minimum absolute atomic E-state index is 0.162. The van der Waals surface area contributed by atoms with E-state index < -0.39 is 0 Å². The molecule has 0 spiro atoms. The number of nitrogens with one attached hydrogen (secondary N) is 1. The monoisotopic (exact) mass is 324 g/mol. The topological polar surface area (TPSA) is 41.1 Å². The van der Waals surface area contributed by atoms with Gasteiger partial charge in [0, 0.05) is 37.1 Å². The number of aromatic nitrogens is 2. The molecule has 2 aromatic rings. The van der Waals surface area contributed by atoms with Crippen LogP contribution in [0.2, 0.25) is 0 Å². The number of hydrogen-bond acceptors (Lipinski definition) is 6. The molecule has 0 bridgehead atoms. The van der Waals surface area contributed by atoms with E-state index in [4.69, 9.17) is 0 Å². The third kappa shape index (κ3) is 3.72. The zero-order chi connectivity index (χ0) is 14.8. The zero-order valence-corrected chi connectivity index (χ0v) is 13.6. The predicted molar refractivity (Wildman–Crippen MR) is 84.6 cm³/mol. The normalized spacial score (nSPS) is 14.4. The van der Waals surface area contributed by atoms with Crippen molar-refractivity contribution >= 4 is 28.2 Å². The number of halogens is 1. The van der Waals surface area contributed by atoms with Crippen molar-refractivity contribution < 1.29 is 4.39 Å². The molecule has 0 aliphatic heterocycles. The predicted octanol–water partition coefficient (Wildman–Crippen LogP) is 3.15. The van der Waals surface area contributed by atoms with Crippen LogP contribution in [0.4, 0.5) is 9.52 Å². The fraction of sp³-hybridized carbons (Fsp3) is 0.429. The summed E-state index contributed by atoms with van der Waals surface area (Å²) < 4.78 is 14.9. The average molecular weight is 324 g/mol. The molecule has 0 amide bonds. The van der Waals surface area contributed by atoms with Gasteiger partial charge in [-0.05, 0) is 25.0 Å². The van der Waals surface area contributed by atoms with Crippen molar-refractivity contribution in [1.29, 1.82) is 0 Å². The first kappa shape index (κ1) is 14.7. The van der Waals surface area contributed by atoms with Gasteiger partial charge in [0.15, 0.2) is 4.34 Å². The molecule has 112 valence electrons. The van der Waals surface area contributed by atoms with Gasteiger partial charge in [0.25, 0.3) is 0 Å². The third-order valence-electron chi connectivity index (χ3n) is 3.20. The van der Waals surface area contributed by atoms with E-state index in [2.05, 4.69) is 15.5 Å². The second-order valence-electron chi connectivity index (χ2n) is 5.22. The lowest BCUT2D eigenvalue weighted by atomic mass is 10.2. The Labute approximate surface area is 131 Å². The van der Waals surface area contributed by atoms with E-state index in [9.17, 15) is 4.39 Å². The van der Waals surface area contributed by atoms with E-state index in [1.807, 2.05) is 25.1 Å². The molecule has 0 unspecified atom stereocenters. The molecule has 1 N–H and O–H groups in total. The smallest absolute Gasteiger partial charge is 0.208 e. The maximum Gasteiger partial charge on any atom is 0.208 e. The van der Waals surface area contributed by atoms with Crippen LogP contribution in [0.5, 0.6) is 0 Å². The van der Waals surface area contributed by atoms with Crippen LogP contribution in [0.15, 0.2) is 27.4 Å². The van der Waals surface area contributed by atoms with Gasteiger partial charge in [-0.1, -0.05) is 29.2 Å². The highest BCUT2D eigenvalue weighted by Crippen LogP contribution is 2.35. The van der Waals surface area contributed by atoms with Gasteiger partial charge in [0.05, 0.1) is 0 Å². The van der Waals surface area contributed by atoms with Crippen LogP contribution in [0, 0.1) is 5.82 Å². The fourth-order valence-electron chi connectivity index (χ4n) is 1.86. The first-order valence-electron chi connectivity index (χ1n) is 6.83. The maximum absolute atomic E-state index is 14.1. The summed E-state index contributed by atoms with van der Waals surface area (Å²) in [5, 5.41) is 12.5. The van der Waals surface area contributed by atoms with E-state index in [1.165, 1.54) is 42.0 Å². The molecule has 0 saturated heterocycles. The molecule has 1 aliphatic carbocycles. The van der Waals surface area contributed by atoms with Gasteiger partial charge in [0.1, 0.15) is 5.82 Å². The summed E-state index contributed by atoms with van der Waals surface area (Å²) in [5.74, 6) is -0.162. The molecular weight excluding hydrogens is 307 g/mol. The standard InChI is InChI=1S/C14H17FN4S2/c1-19(2)13-17-18-14(21-13)20-12-5-3-4-11(15)10(12)8-16-9-6-7-9/h3-5,9,16H,6-8H2,1-2H3. The van der Waals surface area contributed by atoms with Gasteiger partial charge in [-0.15, -0.1) is 10.2 Å². The summed E-state index contributed by atoms with van der Waals surface area (Å²) in [7, 11) is 3.87. The number of hydrogen-bond donors (Lipinski definition) is 1. The molecule has 21 heavy (non-hydrogen) atoms. The van der Waals surface area contributed by atoms with E-state index >= 15 is 0 Å². The van der Waals surface area contributed by atoms with Gasteiger partial charge in [-0.2, -0.15) is 0 Å². The summed E-state index contributed by atoms with van der Waals surface area (Å²) in [5.41, 5.74) is 0.719. The summed E-state index contributed by atoms with van der Waals surface area (Å²) in [6, 6.07) is 5.75. The van der Waals surface area contributed by atoms with Crippen LogP contribution in [-0.4, -0.2) is 30.3 Å². The number of benzene rings is 1. The van der Waals surface area contributed by atoms with E-state index in [0.29, 0.717) is 12.6 Å². The molecule has 1 aromatic heterocycles. The molecule has 1 heterocycles. The Balaban J connectivity index is 1.77. The Hall–Kier alpha value is -1.18. The molecule has 1 aliphatic rings. The van der Waals surface area contributed by atoms with Crippen molar-refractivity contribution in [2.24, 2.45) is 0 Å². The van der Waals surface area contributed by atoms with Gasteiger partial charge < -0.3 is 10.2 Å². The molecule has 0 atom stereocenters. The average Bonchev–Trinajstić information content (AvgIpc) is 3.15. The molecule has 4 nitrogen and oxygen atoms in total. The highest BCUT2D eigenvalue weighted by Gasteiger charge is 2.21. The van der Waals surface area contributed by atoms with Crippen LogP contribution in [-0.2, 0) is 6.54 Å². The van der Waals surface area contributed by atoms with Crippen LogP contribution in [0.3, 0.4) is 0 Å². The van der Waals surface area contributed by atoms with Gasteiger partial charge in [-0.3, -0.25) is 0 Å². The van der Waals surface area contributed by atoms with Crippen molar-refractivity contribution in [2.75, 3.05) is 19.0 Å². The largest absolute Gasteiger partial charge is 0.353 e. The van der Waals surface area contributed by atoms with Crippen LogP contribution < -0.4 is 10.2 Å². The van der Waals surface area contributed by atoms with Gasteiger partial charge >= 0.3 is 0 Å². The van der Waals surface area contributed by atoms with Crippen molar-refractivity contribution in [3.05, 3.63) is 29.6 Å². The first-order chi connectivity index (χ1) is 10.1. The van der Waals surface area contributed by atoms with Crippen LogP contribution in [0.1, 0.15) is 18.4 Å². The lowest BCUT2D eigenvalue weighted by Gasteiger charge is -2.09. The summed E-state index contributed by atoms with van der Waals surface area (Å²) >= 11 is 2.99. The van der Waals surface area contributed by atoms with E-state index in [1.54, 1.807) is 6.07 Å². The quantitative estimate of drug-likeness (QED) is 0.884. The lowest BCUT2D eigenvalue weighted by Crippen LogP contribution is -2.16. The first-order valence-corrected chi connectivity index (χ1v) is 8.46. The summed E-state index contributed by atoms with van der Waals surface area (Å²) in [6.07, 6.45) is 2.39.